The smallest absolute Gasteiger partial charge is 0.148 e. The van der Waals surface area contributed by atoms with Gasteiger partial charge in [-0.05, 0) is 18.2 Å². The topological polar surface area (TPSA) is 72.6 Å². The van der Waals surface area contributed by atoms with E-state index < -0.39 is 9.84 Å². The van der Waals surface area contributed by atoms with Gasteiger partial charge >= 0.3 is 0 Å². The van der Waals surface area contributed by atoms with E-state index in [-0.39, 0.29) is 11.8 Å². The molecular weight excluding hydrogens is 276 g/mol. The molecule has 20 heavy (non-hydrogen) atoms. The molecule has 6 heteroatoms. The second kappa shape index (κ2) is 7.73. The first-order chi connectivity index (χ1) is 9.37. The van der Waals surface area contributed by atoms with E-state index in [1.807, 2.05) is 30.1 Å². The molecule has 1 atom stereocenters. The fourth-order valence-corrected chi connectivity index (χ4v) is 2.71. The quantitative estimate of drug-likeness (QED) is 0.769. The largest absolute Gasteiger partial charge is 0.380 e. The van der Waals surface area contributed by atoms with Crippen LogP contribution < -0.4 is 5.73 Å². The summed E-state index contributed by atoms with van der Waals surface area (Å²) in [6.07, 6.45) is 1.25. The first kappa shape index (κ1) is 17.1. The maximum atomic E-state index is 11.2. The van der Waals surface area contributed by atoms with Crippen LogP contribution in [0.1, 0.15) is 17.2 Å². The molecule has 0 aliphatic heterocycles. The highest BCUT2D eigenvalue weighted by molar-refractivity contribution is 7.90. The number of methoxy groups -OCH3 is 1. The van der Waals surface area contributed by atoms with Crippen LogP contribution in [0.5, 0.6) is 0 Å². The van der Waals surface area contributed by atoms with Gasteiger partial charge in [0.1, 0.15) is 9.84 Å². The molecule has 0 heterocycles. The molecule has 5 nitrogen and oxygen atoms in total. The molecule has 0 saturated carbocycles. The van der Waals surface area contributed by atoms with Crippen LogP contribution in [0, 0.1) is 0 Å². The third-order valence-corrected chi connectivity index (χ3v) is 4.14. The van der Waals surface area contributed by atoms with Crippen molar-refractivity contribution >= 4 is 9.84 Å². The SMILES string of the molecule is COCc1cccc(C(CN)N(C)CCS(C)(=O)=O)c1. The van der Waals surface area contributed by atoms with Crippen molar-refractivity contribution in [3.05, 3.63) is 35.4 Å². The lowest BCUT2D eigenvalue weighted by Gasteiger charge is -2.27. The van der Waals surface area contributed by atoms with Crippen LogP contribution in [0.15, 0.2) is 24.3 Å². The third-order valence-electron chi connectivity index (χ3n) is 3.22. The Morgan fingerprint density at radius 3 is 2.65 bits per heavy atom. The third kappa shape index (κ3) is 5.58. The zero-order valence-electron chi connectivity index (χ0n) is 12.4. The Hall–Kier alpha value is -0.950. The number of nitrogens with two attached hydrogens (primary N) is 1. The van der Waals surface area contributed by atoms with Crippen LogP contribution in [-0.4, -0.2) is 52.6 Å². The van der Waals surface area contributed by atoms with Crippen LogP contribution in [0.25, 0.3) is 0 Å². The Balaban J connectivity index is 2.81. The molecular formula is C14H24N2O3S. The molecule has 0 aromatic heterocycles. The van der Waals surface area contributed by atoms with Gasteiger partial charge in [-0.1, -0.05) is 24.3 Å². The van der Waals surface area contributed by atoms with Crippen LogP contribution in [0.2, 0.25) is 0 Å². The zero-order chi connectivity index (χ0) is 15.2. The number of rotatable bonds is 8. The summed E-state index contributed by atoms with van der Waals surface area (Å²) in [7, 11) is 0.590. The molecule has 0 bridgehead atoms. The highest BCUT2D eigenvalue weighted by Crippen LogP contribution is 2.19. The molecule has 0 radical (unpaired) electrons. The number of benzene rings is 1. The number of nitrogens with zero attached hydrogens (tertiary/aromatic N) is 1. The summed E-state index contributed by atoms with van der Waals surface area (Å²) in [6.45, 7) is 1.46. The summed E-state index contributed by atoms with van der Waals surface area (Å²) < 4.78 is 27.6. The van der Waals surface area contributed by atoms with Crippen molar-refractivity contribution in [3.8, 4) is 0 Å². The van der Waals surface area contributed by atoms with Gasteiger partial charge in [0.25, 0.3) is 0 Å². The van der Waals surface area contributed by atoms with Gasteiger partial charge in [-0.2, -0.15) is 0 Å². The van der Waals surface area contributed by atoms with Crippen LogP contribution in [0.3, 0.4) is 0 Å². The highest BCUT2D eigenvalue weighted by Gasteiger charge is 2.17. The summed E-state index contributed by atoms with van der Waals surface area (Å²) in [4.78, 5) is 1.98. The minimum Gasteiger partial charge on any atom is -0.380 e. The van der Waals surface area contributed by atoms with E-state index in [0.29, 0.717) is 19.7 Å². The Bertz CT molecular complexity index is 517. The molecule has 0 spiro atoms. The van der Waals surface area contributed by atoms with Crippen LogP contribution in [0.4, 0.5) is 0 Å². The Morgan fingerprint density at radius 2 is 2.10 bits per heavy atom. The van der Waals surface area contributed by atoms with Gasteiger partial charge in [0.15, 0.2) is 0 Å². The first-order valence-electron chi connectivity index (χ1n) is 6.53. The lowest BCUT2D eigenvalue weighted by atomic mass is 10.0. The second-order valence-corrected chi connectivity index (χ2v) is 7.30. The van der Waals surface area contributed by atoms with Crippen LogP contribution in [-0.2, 0) is 21.2 Å². The van der Waals surface area contributed by atoms with E-state index >= 15 is 0 Å². The molecule has 1 rings (SSSR count). The standard InChI is InChI=1S/C14H24N2O3S/c1-16(7-8-20(3,17)18)14(10-15)13-6-4-5-12(9-13)11-19-2/h4-6,9,14H,7-8,10-11,15H2,1-3H3. The minimum atomic E-state index is -2.96. The van der Waals surface area contributed by atoms with Crippen LogP contribution >= 0.6 is 0 Å². The number of ether oxygens (including phenoxy) is 1. The number of hydrogen-bond acceptors (Lipinski definition) is 5. The Labute approximate surface area is 121 Å². The number of likely N-dealkylation sites (N-methyl/N-ethyl adjacent to an activating group) is 1. The number of sulfone groups is 1. The van der Waals surface area contributed by atoms with Gasteiger partial charge in [-0.25, -0.2) is 8.42 Å². The van der Waals surface area contributed by atoms with E-state index in [1.165, 1.54) is 6.26 Å². The summed E-state index contributed by atoms with van der Waals surface area (Å²) in [5.74, 6) is 0.137. The van der Waals surface area contributed by atoms with E-state index in [1.54, 1.807) is 7.11 Å². The normalized spacial score (nSPS) is 13.7. The molecule has 0 saturated heterocycles. The van der Waals surface area contributed by atoms with Gasteiger partial charge in [0.2, 0.25) is 0 Å². The monoisotopic (exact) mass is 300 g/mol. The van der Waals surface area contributed by atoms with Crippen molar-refractivity contribution in [1.29, 1.82) is 0 Å². The summed E-state index contributed by atoms with van der Waals surface area (Å²) in [6, 6.07) is 8.04. The molecule has 0 aliphatic carbocycles. The van der Waals surface area contributed by atoms with Crippen molar-refractivity contribution in [2.24, 2.45) is 5.73 Å². The lowest BCUT2D eigenvalue weighted by Crippen LogP contribution is -2.34. The van der Waals surface area contributed by atoms with Gasteiger partial charge in [0, 0.05) is 32.5 Å². The van der Waals surface area contributed by atoms with E-state index in [0.717, 1.165) is 11.1 Å². The lowest BCUT2D eigenvalue weighted by molar-refractivity contribution is 0.184. The first-order valence-corrected chi connectivity index (χ1v) is 8.59. The zero-order valence-corrected chi connectivity index (χ0v) is 13.2. The van der Waals surface area contributed by atoms with Crippen molar-refractivity contribution in [2.45, 2.75) is 12.6 Å². The fourth-order valence-electron chi connectivity index (χ4n) is 2.09. The van der Waals surface area contributed by atoms with Gasteiger partial charge in [-0.15, -0.1) is 0 Å². The summed E-state index contributed by atoms with van der Waals surface area (Å²) >= 11 is 0. The molecule has 0 amide bonds. The Kier molecular flexibility index (Phi) is 6.61. The maximum absolute atomic E-state index is 11.2. The average molecular weight is 300 g/mol. The predicted octanol–water partition coefficient (Wildman–Crippen LogP) is 0.809. The summed E-state index contributed by atoms with van der Waals surface area (Å²) in [5, 5.41) is 0. The van der Waals surface area contributed by atoms with E-state index in [9.17, 15) is 8.42 Å². The molecule has 2 N–H and O–H groups in total. The molecule has 1 aromatic rings. The Morgan fingerprint density at radius 1 is 1.40 bits per heavy atom. The van der Waals surface area contributed by atoms with Gasteiger partial charge < -0.3 is 10.5 Å². The van der Waals surface area contributed by atoms with E-state index in [2.05, 4.69) is 6.07 Å². The van der Waals surface area contributed by atoms with E-state index in [4.69, 9.17) is 10.5 Å². The maximum Gasteiger partial charge on any atom is 0.148 e. The molecule has 1 aromatic carbocycles. The van der Waals surface area contributed by atoms with Gasteiger partial charge in [-0.3, -0.25) is 4.90 Å². The molecule has 1 unspecified atom stereocenters. The molecule has 0 fully saturated rings. The predicted molar refractivity (Wildman–Crippen MR) is 81.3 cm³/mol. The number of hydrogen-bond donors (Lipinski definition) is 1. The average Bonchev–Trinajstić information content (AvgIpc) is 2.37. The van der Waals surface area contributed by atoms with Gasteiger partial charge in [0.05, 0.1) is 12.4 Å². The molecule has 0 aliphatic rings. The van der Waals surface area contributed by atoms with Crippen molar-refractivity contribution < 1.29 is 13.2 Å². The summed E-state index contributed by atoms with van der Waals surface area (Å²) in [5.41, 5.74) is 8.01. The van der Waals surface area contributed by atoms with Crippen molar-refractivity contribution in [3.63, 3.8) is 0 Å². The van der Waals surface area contributed by atoms with Crippen molar-refractivity contribution in [2.75, 3.05) is 39.3 Å². The highest BCUT2D eigenvalue weighted by atomic mass is 32.2. The fraction of sp³-hybridized carbons (Fsp3) is 0.571. The van der Waals surface area contributed by atoms with Crippen molar-refractivity contribution in [1.82, 2.24) is 4.90 Å². The molecule has 114 valence electrons. The second-order valence-electron chi connectivity index (χ2n) is 5.04. The minimum absolute atomic E-state index is 0.00792.